The van der Waals surface area contributed by atoms with Gasteiger partial charge in [0.05, 0.1) is 11.3 Å². The fourth-order valence-electron chi connectivity index (χ4n) is 0.745. The number of rotatable bonds is 2. The second-order valence-electron chi connectivity index (χ2n) is 2.17. The maximum absolute atomic E-state index is 10.9. The van der Waals surface area contributed by atoms with E-state index in [1.54, 1.807) is 24.4 Å². The van der Waals surface area contributed by atoms with Crippen molar-refractivity contribution >= 4 is 11.5 Å². The summed E-state index contributed by atoms with van der Waals surface area (Å²) < 4.78 is 0. The molecule has 0 fully saturated rings. The van der Waals surface area contributed by atoms with E-state index in [1.165, 1.54) is 0 Å². The van der Waals surface area contributed by atoms with Crippen LogP contribution in [0.3, 0.4) is 0 Å². The number of aromatic nitrogens is 1. The Balaban J connectivity index is 2.86. The minimum absolute atomic E-state index is 0.262. The van der Waals surface area contributed by atoms with Crippen molar-refractivity contribution in [3.05, 3.63) is 36.7 Å². The molecule has 0 bridgehead atoms. The van der Waals surface area contributed by atoms with Gasteiger partial charge in [0.1, 0.15) is 0 Å². The maximum Gasteiger partial charge on any atom is 0.266 e. The van der Waals surface area contributed by atoms with Crippen molar-refractivity contribution in [2.45, 2.75) is 0 Å². The Morgan fingerprint density at radius 1 is 1.58 bits per heavy atom. The predicted molar refractivity (Wildman–Crippen MR) is 45.6 cm³/mol. The second kappa shape index (κ2) is 3.64. The SMILES string of the molecule is C=C(C(=O)NN)c1ccccn1. The molecule has 0 radical (unpaired) electrons. The van der Waals surface area contributed by atoms with Gasteiger partial charge in [-0.15, -0.1) is 0 Å². The van der Waals surface area contributed by atoms with Gasteiger partial charge in [0.25, 0.3) is 5.91 Å². The molecule has 1 aromatic rings. The Bertz CT molecular complexity index is 294. The van der Waals surface area contributed by atoms with Crippen LogP contribution in [0.4, 0.5) is 0 Å². The van der Waals surface area contributed by atoms with E-state index in [0.29, 0.717) is 5.69 Å². The monoisotopic (exact) mass is 163 g/mol. The molecule has 12 heavy (non-hydrogen) atoms. The summed E-state index contributed by atoms with van der Waals surface area (Å²) in [4.78, 5) is 14.9. The predicted octanol–water partition coefficient (Wildman–Crippen LogP) is 0.0847. The third kappa shape index (κ3) is 1.67. The number of hydrogen-bond acceptors (Lipinski definition) is 3. The first-order chi connectivity index (χ1) is 5.75. The van der Waals surface area contributed by atoms with Crippen LogP contribution in [-0.4, -0.2) is 10.9 Å². The topological polar surface area (TPSA) is 68.0 Å². The highest BCUT2D eigenvalue weighted by Crippen LogP contribution is 2.06. The largest absolute Gasteiger partial charge is 0.290 e. The smallest absolute Gasteiger partial charge is 0.266 e. The van der Waals surface area contributed by atoms with Crippen molar-refractivity contribution in [2.24, 2.45) is 5.84 Å². The first-order valence-corrected chi connectivity index (χ1v) is 3.37. The minimum atomic E-state index is -0.423. The van der Waals surface area contributed by atoms with Crippen LogP contribution in [0.25, 0.3) is 5.57 Å². The number of nitrogens with one attached hydrogen (secondary N) is 1. The molecular formula is C8H9N3O. The molecule has 3 N–H and O–H groups in total. The van der Waals surface area contributed by atoms with Gasteiger partial charge in [0.15, 0.2) is 0 Å². The number of hydrazine groups is 1. The van der Waals surface area contributed by atoms with Gasteiger partial charge in [0, 0.05) is 6.20 Å². The van der Waals surface area contributed by atoms with Gasteiger partial charge in [-0.3, -0.25) is 15.2 Å². The van der Waals surface area contributed by atoms with Gasteiger partial charge in [0.2, 0.25) is 0 Å². The molecular weight excluding hydrogens is 154 g/mol. The standard InChI is InChI=1S/C8H9N3O/c1-6(8(12)11-9)7-4-2-3-5-10-7/h2-5H,1,9H2,(H,11,12). The van der Waals surface area contributed by atoms with Crippen LogP contribution in [0.15, 0.2) is 31.0 Å². The second-order valence-corrected chi connectivity index (χ2v) is 2.17. The number of nitrogens with two attached hydrogens (primary N) is 1. The van der Waals surface area contributed by atoms with Crippen LogP contribution >= 0.6 is 0 Å². The quantitative estimate of drug-likeness (QED) is 0.281. The van der Waals surface area contributed by atoms with Crippen LogP contribution < -0.4 is 11.3 Å². The van der Waals surface area contributed by atoms with Crippen molar-refractivity contribution < 1.29 is 4.79 Å². The molecule has 1 rings (SSSR count). The van der Waals surface area contributed by atoms with Crippen molar-refractivity contribution in [3.8, 4) is 0 Å². The number of hydrogen-bond donors (Lipinski definition) is 2. The average molecular weight is 163 g/mol. The lowest BCUT2D eigenvalue weighted by atomic mass is 10.2. The molecule has 0 aliphatic heterocycles. The number of carbonyl (C=O) groups excluding carboxylic acids is 1. The molecule has 0 saturated heterocycles. The normalized spacial score (nSPS) is 9.08. The number of nitrogens with zero attached hydrogens (tertiary/aromatic N) is 1. The lowest BCUT2D eigenvalue weighted by molar-refractivity contribution is -0.115. The Morgan fingerprint density at radius 2 is 2.33 bits per heavy atom. The fourth-order valence-corrected chi connectivity index (χ4v) is 0.745. The number of carbonyl (C=O) groups is 1. The molecule has 4 heteroatoms. The van der Waals surface area contributed by atoms with Crippen LogP contribution in [0, 0.1) is 0 Å². The molecule has 0 aliphatic carbocycles. The van der Waals surface area contributed by atoms with E-state index in [9.17, 15) is 4.79 Å². The zero-order valence-corrected chi connectivity index (χ0v) is 6.45. The Kier molecular flexibility index (Phi) is 2.55. The number of pyridine rings is 1. The fraction of sp³-hybridized carbons (Fsp3) is 0. The summed E-state index contributed by atoms with van der Waals surface area (Å²) in [6, 6.07) is 5.23. The van der Waals surface area contributed by atoms with Crippen LogP contribution in [0.1, 0.15) is 5.69 Å². The molecule has 1 heterocycles. The van der Waals surface area contributed by atoms with Crippen molar-refractivity contribution in [2.75, 3.05) is 0 Å². The molecule has 0 unspecified atom stereocenters. The van der Waals surface area contributed by atoms with Gasteiger partial charge in [-0.1, -0.05) is 12.6 Å². The Morgan fingerprint density at radius 3 is 2.83 bits per heavy atom. The molecule has 1 amide bonds. The highest BCUT2D eigenvalue weighted by molar-refractivity contribution is 6.17. The van der Waals surface area contributed by atoms with E-state index in [0.717, 1.165) is 0 Å². The highest BCUT2D eigenvalue weighted by atomic mass is 16.2. The summed E-state index contributed by atoms with van der Waals surface area (Å²) in [5.74, 6) is 4.50. The summed E-state index contributed by atoms with van der Waals surface area (Å²) in [6.45, 7) is 3.54. The average Bonchev–Trinajstić information content (AvgIpc) is 2.17. The van der Waals surface area contributed by atoms with E-state index in [-0.39, 0.29) is 5.57 Å². The van der Waals surface area contributed by atoms with E-state index in [4.69, 9.17) is 5.84 Å². The maximum atomic E-state index is 10.9. The first-order valence-electron chi connectivity index (χ1n) is 3.37. The Labute approximate surface area is 70.1 Å². The molecule has 0 spiro atoms. The molecule has 4 nitrogen and oxygen atoms in total. The zero-order chi connectivity index (χ0) is 8.97. The lowest BCUT2D eigenvalue weighted by Gasteiger charge is -2.01. The Hall–Kier alpha value is -1.68. The summed E-state index contributed by atoms with van der Waals surface area (Å²) in [7, 11) is 0. The summed E-state index contributed by atoms with van der Waals surface area (Å²) in [5.41, 5.74) is 2.78. The molecule has 0 saturated carbocycles. The summed E-state index contributed by atoms with van der Waals surface area (Å²) >= 11 is 0. The molecule has 1 aromatic heterocycles. The third-order valence-corrected chi connectivity index (χ3v) is 1.38. The highest BCUT2D eigenvalue weighted by Gasteiger charge is 2.07. The molecule has 62 valence electrons. The van der Waals surface area contributed by atoms with Crippen molar-refractivity contribution in [1.82, 2.24) is 10.4 Å². The van der Waals surface area contributed by atoms with Crippen LogP contribution in [-0.2, 0) is 4.79 Å². The van der Waals surface area contributed by atoms with E-state index < -0.39 is 5.91 Å². The summed E-state index contributed by atoms with van der Waals surface area (Å²) in [6.07, 6.45) is 1.59. The first kappa shape index (κ1) is 8.42. The minimum Gasteiger partial charge on any atom is -0.290 e. The molecule has 0 aliphatic rings. The van der Waals surface area contributed by atoms with Gasteiger partial charge in [-0.05, 0) is 12.1 Å². The lowest BCUT2D eigenvalue weighted by Crippen LogP contribution is -2.30. The van der Waals surface area contributed by atoms with Crippen molar-refractivity contribution in [3.63, 3.8) is 0 Å². The van der Waals surface area contributed by atoms with Crippen LogP contribution in [0.5, 0.6) is 0 Å². The molecule has 0 aromatic carbocycles. The number of amides is 1. The van der Waals surface area contributed by atoms with Crippen LogP contribution in [0.2, 0.25) is 0 Å². The zero-order valence-electron chi connectivity index (χ0n) is 6.45. The van der Waals surface area contributed by atoms with E-state index in [1.807, 2.05) is 5.43 Å². The third-order valence-electron chi connectivity index (χ3n) is 1.38. The van der Waals surface area contributed by atoms with E-state index >= 15 is 0 Å². The van der Waals surface area contributed by atoms with Gasteiger partial charge < -0.3 is 0 Å². The van der Waals surface area contributed by atoms with Gasteiger partial charge >= 0.3 is 0 Å². The summed E-state index contributed by atoms with van der Waals surface area (Å²) in [5, 5.41) is 0. The van der Waals surface area contributed by atoms with Gasteiger partial charge in [-0.25, -0.2) is 5.84 Å². The molecule has 0 atom stereocenters. The van der Waals surface area contributed by atoms with E-state index in [2.05, 4.69) is 11.6 Å². The van der Waals surface area contributed by atoms with Crippen molar-refractivity contribution in [1.29, 1.82) is 0 Å². The van der Waals surface area contributed by atoms with Gasteiger partial charge in [-0.2, -0.15) is 0 Å².